The van der Waals surface area contributed by atoms with Crippen molar-refractivity contribution in [2.45, 2.75) is 6.61 Å². The second-order valence-corrected chi connectivity index (χ2v) is 8.07. The van der Waals surface area contributed by atoms with Crippen molar-refractivity contribution in [3.63, 3.8) is 0 Å². The van der Waals surface area contributed by atoms with Crippen LogP contribution in [0.5, 0.6) is 11.5 Å². The molecular weight excluding hydrogens is 466 g/mol. The van der Waals surface area contributed by atoms with Gasteiger partial charge in [-0.05, 0) is 72.3 Å². The first-order valence-electron chi connectivity index (χ1n) is 10.1. The van der Waals surface area contributed by atoms with Gasteiger partial charge in [0, 0.05) is 33.7 Å². The largest absolute Gasteiger partial charge is 0.496 e. The molecule has 0 bridgehead atoms. The second-order valence-electron chi connectivity index (χ2n) is 7.15. The minimum Gasteiger partial charge on any atom is -0.496 e. The molecule has 32 heavy (non-hydrogen) atoms. The number of carbonyl (C=O) groups is 1. The van der Waals surface area contributed by atoms with Gasteiger partial charge in [-0.2, -0.15) is 0 Å². The molecule has 0 saturated heterocycles. The Morgan fingerprint density at radius 2 is 1.75 bits per heavy atom. The first-order chi connectivity index (χ1) is 15.6. The number of halogens is 1. The lowest BCUT2D eigenvalue weighted by molar-refractivity contribution is 0.104. The highest BCUT2D eigenvalue weighted by Crippen LogP contribution is 2.24. The Kier molecular flexibility index (Phi) is 6.87. The molecule has 0 atom stereocenters. The van der Waals surface area contributed by atoms with Crippen molar-refractivity contribution >= 4 is 27.8 Å². The molecule has 1 aromatic heterocycles. The highest BCUT2D eigenvalue weighted by atomic mass is 79.9. The van der Waals surface area contributed by atoms with Gasteiger partial charge in [0.2, 0.25) is 0 Å². The van der Waals surface area contributed by atoms with Gasteiger partial charge in [-0.15, -0.1) is 0 Å². The van der Waals surface area contributed by atoms with Crippen molar-refractivity contribution in [3.05, 3.63) is 118 Å². The van der Waals surface area contributed by atoms with E-state index in [1.807, 2.05) is 102 Å². The van der Waals surface area contributed by atoms with E-state index in [0.29, 0.717) is 12.2 Å². The Bertz CT molecular complexity index is 1230. The lowest BCUT2D eigenvalue weighted by Crippen LogP contribution is -2.00. The highest BCUT2D eigenvalue weighted by molar-refractivity contribution is 9.10. The predicted octanol–water partition coefficient (Wildman–Crippen LogP) is 6.72. The number of hydrogen-bond acceptors (Lipinski definition) is 3. The molecule has 1 heterocycles. The van der Waals surface area contributed by atoms with Crippen LogP contribution in [0.2, 0.25) is 0 Å². The maximum absolute atomic E-state index is 12.7. The van der Waals surface area contributed by atoms with E-state index in [-0.39, 0.29) is 5.78 Å². The van der Waals surface area contributed by atoms with Gasteiger partial charge >= 0.3 is 0 Å². The van der Waals surface area contributed by atoms with Gasteiger partial charge in [0.15, 0.2) is 5.78 Å². The van der Waals surface area contributed by atoms with Crippen LogP contribution >= 0.6 is 15.9 Å². The molecule has 0 aliphatic rings. The summed E-state index contributed by atoms with van der Waals surface area (Å²) >= 11 is 3.42. The smallest absolute Gasteiger partial charge is 0.185 e. The summed E-state index contributed by atoms with van der Waals surface area (Å²) in [5.74, 6) is 1.46. The van der Waals surface area contributed by atoms with Gasteiger partial charge in [0.05, 0.1) is 7.11 Å². The number of ketones is 1. The zero-order chi connectivity index (χ0) is 22.3. The number of methoxy groups -OCH3 is 1. The minimum atomic E-state index is -0.0533. The summed E-state index contributed by atoms with van der Waals surface area (Å²) in [5, 5.41) is 0. The van der Waals surface area contributed by atoms with Crippen LogP contribution in [0.1, 0.15) is 21.5 Å². The van der Waals surface area contributed by atoms with E-state index in [2.05, 4.69) is 15.9 Å². The molecule has 4 aromatic rings. The number of benzene rings is 3. The molecule has 0 spiro atoms. The van der Waals surface area contributed by atoms with Crippen molar-refractivity contribution in [1.82, 2.24) is 4.57 Å². The summed E-state index contributed by atoms with van der Waals surface area (Å²) in [7, 11) is 1.63. The van der Waals surface area contributed by atoms with Crippen LogP contribution in [0.4, 0.5) is 0 Å². The van der Waals surface area contributed by atoms with E-state index in [4.69, 9.17) is 9.47 Å². The Hall–Kier alpha value is -3.57. The van der Waals surface area contributed by atoms with Crippen LogP contribution in [0.15, 0.2) is 102 Å². The van der Waals surface area contributed by atoms with Crippen molar-refractivity contribution in [2.75, 3.05) is 7.11 Å². The quantitative estimate of drug-likeness (QED) is 0.204. The summed E-state index contributed by atoms with van der Waals surface area (Å²) in [5.41, 5.74) is 3.39. The number of aromatic nitrogens is 1. The molecule has 0 fully saturated rings. The number of rotatable bonds is 8. The molecule has 0 amide bonds. The topological polar surface area (TPSA) is 40.5 Å². The van der Waals surface area contributed by atoms with Gasteiger partial charge < -0.3 is 14.0 Å². The maximum atomic E-state index is 12.7. The molecule has 0 saturated carbocycles. The van der Waals surface area contributed by atoms with Crippen LogP contribution in [0, 0.1) is 0 Å². The highest BCUT2D eigenvalue weighted by Gasteiger charge is 2.07. The lowest BCUT2D eigenvalue weighted by Gasteiger charge is -2.11. The zero-order valence-electron chi connectivity index (χ0n) is 17.6. The molecule has 4 rings (SSSR count). The fraction of sp³-hybridized carbons (Fsp3) is 0.0741. The van der Waals surface area contributed by atoms with E-state index in [1.54, 1.807) is 13.2 Å². The fourth-order valence-corrected chi connectivity index (χ4v) is 3.57. The van der Waals surface area contributed by atoms with Gasteiger partial charge in [0.1, 0.15) is 18.1 Å². The van der Waals surface area contributed by atoms with Gasteiger partial charge in [-0.1, -0.05) is 40.2 Å². The molecule has 4 nitrogen and oxygen atoms in total. The van der Waals surface area contributed by atoms with E-state index in [1.165, 1.54) is 0 Å². The molecule has 0 unspecified atom stereocenters. The van der Waals surface area contributed by atoms with E-state index in [0.717, 1.165) is 32.8 Å². The zero-order valence-corrected chi connectivity index (χ0v) is 19.2. The molecule has 0 aliphatic carbocycles. The Labute approximate surface area is 195 Å². The Balaban J connectivity index is 1.48. The standard InChI is InChI=1S/C27H22BrNO3/c1-31-27-14-8-20(17-22(27)19-32-25-11-9-23(28)10-12-25)7-13-26(30)21-5-4-6-24(18-21)29-15-2-3-16-29/h2-18H,19H2,1H3/b13-7+. The Morgan fingerprint density at radius 3 is 2.50 bits per heavy atom. The monoisotopic (exact) mass is 487 g/mol. The lowest BCUT2D eigenvalue weighted by atomic mass is 10.1. The minimum absolute atomic E-state index is 0.0533. The van der Waals surface area contributed by atoms with Crippen LogP contribution in [0.25, 0.3) is 11.8 Å². The van der Waals surface area contributed by atoms with E-state index < -0.39 is 0 Å². The summed E-state index contributed by atoms with van der Waals surface area (Å²) in [6, 6.07) is 24.9. The van der Waals surface area contributed by atoms with Crippen LogP contribution in [-0.2, 0) is 6.61 Å². The summed E-state index contributed by atoms with van der Waals surface area (Å²) in [4.78, 5) is 12.7. The van der Waals surface area contributed by atoms with Crippen molar-refractivity contribution in [2.24, 2.45) is 0 Å². The number of allylic oxidation sites excluding steroid dienone is 1. The van der Waals surface area contributed by atoms with Gasteiger partial charge in [-0.25, -0.2) is 0 Å². The van der Waals surface area contributed by atoms with Crippen molar-refractivity contribution in [3.8, 4) is 17.2 Å². The molecular formula is C27H22BrNO3. The second kappa shape index (κ2) is 10.2. The Morgan fingerprint density at radius 1 is 0.969 bits per heavy atom. The number of ether oxygens (including phenoxy) is 2. The SMILES string of the molecule is COc1ccc(/C=C/C(=O)c2cccc(-n3cccc3)c2)cc1COc1ccc(Br)cc1. The van der Waals surface area contributed by atoms with Crippen LogP contribution in [0.3, 0.4) is 0 Å². The summed E-state index contributed by atoms with van der Waals surface area (Å²) in [6.07, 6.45) is 7.31. The average Bonchev–Trinajstić information content (AvgIpc) is 3.37. The van der Waals surface area contributed by atoms with Crippen LogP contribution < -0.4 is 9.47 Å². The summed E-state index contributed by atoms with van der Waals surface area (Å²) < 4.78 is 14.3. The van der Waals surface area contributed by atoms with Gasteiger partial charge in [-0.3, -0.25) is 4.79 Å². The van der Waals surface area contributed by atoms with Crippen LogP contribution in [-0.4, -0.2) is 17.5 Å². The molecule has 3 aromatic carbocycles. The first kappa shape index (κ1) is 21.7. The number of carbonyl (C=O) groups excluding carboxylic acids is 1. The molecule has 0 N–H and O–H groups in total. The predicted molar refractivity (Wildman–Crippen MR) is 131 cm³/mol. The van der Waals surface area contributed by atoms with Crippen molar-refractivity contribution < 1.29 is 14.3 Å². The molecule has 160 valence electrons. The van der Waals surface area contributed by atoms with E-state index >= 15 is 0 Å². The van der Waals surface area contributed by atoms with E-state index in [9.17, 15) is 4.79 Å². The molecule has 0 aliphatic heterocycles. The van der Waals surface area contributed by atoms with Gasteiger partial charge in [0.25, 0.3) is 0 Å². The third kappa shape index (κ3) is 5.37. The maximum Gasteiger partial charge on any atom is 0.185 e. The molecule has 0 radical (unpaired) electrons. The fourth-order valence-electron chi connectivity index (χ4n) is 3.30. The average molecular weight is 488 g/mol. The number of hydrogen-bond donors (Lipinski definition) is 0. The third-order valence-electron chi connectivity index (χ3n) is 4.97. The third-order valence-corrected chi connectivity index (χ3v) is 5.50. The first-order valence-corrected chi connectivity index (χ1v) is 10.9. The normalized spacial score (nSPS) is 10.9. The van der Waals surface area contributed by atoms with Crippen molar-refractivity contribution in [1.29, 1.82) is 0 Å². The number of nitrogens with zero attached hydrogens (tertiary/aromatic N) is 1. The summed E-state index contributed by atoms with van der Waals surface area (Å²) in [6.45, 7) is 0.360. The molecule has 5 heteroatoms.